The fraction of sp³-hybridized carbons (Fsp3) is 0.842. The van der Waals surface area contributed by atoms with Crippen molar-refractivity contribution in [2.24, 2.45) is 4.99 Å². The minimum Gasteiger partial charge on any atom is -0.291 e. The van der Waals surface area contributed by atoms with Crippen LogP contribution in [0.25, 0.3) is 0 Å². The fourth-order valence-electron chi connectivity index (χ4n) is 3.07. The zero-order valence-electron chi connectivity index (χ0n) is 13.7. The third-order valence-electron chi connectivity index (χ3n) is 4.40. The number of unbranched alkanes of at least 4 members (excludes halogenated alkanes) is 8. The van der Waals surface area contributed by atoms with Crippen LogP contribution in [0.1, 0.15) is 96.8 Å². The monoisotopic (exact) mass is 277 g/mol. The molecule has 0 aliphatic carbocycles. The van der Waals surface area contributed by atoms with Gasteiger partial charge in [0.15, 0.2) is 0 Å². The first kappa shape index (κ1) is 17.5. The molecule has 1 aliphatic rings. The summed E-state index contributed by atoms with van der Waals surface area (Å²) < 4.78 is 0. The molecule has 20 heavy (non-hydrogen) atoms. The Balaban J connectivity index is 1.97. The molecule has 1 heterocycles. The molecule has 0 amide bonds. The predicted molar refractivity (Wildman–Crippen MR) is 91.7 cm³/mol. The van der Waals surface area contributed by atoms with Crippen molar-refractivity contribution in [1.29, 1.82) is 0 Å². The van der Waals surface area contributed by atoms with Crippen LogP contribution in [0.3, 0.4) is 0 Å². The molecule has 0 saturated heterocycles. The van der Waals surface area contributed by atoms with E-state index in [0.717, 1.165) is 0 Å². The molecular formula is C19H35N. The molecule has 116 valence electrons. The van der Waals surface area contributed by atoms with Crippen molar-refractivity contribution in [3.05, 3.63) is 12.7 Å². The molecule has 0 saturated carbocycles. The summed E-state index contributed by atoms with van der Waals surface area (Å²) in [4.78, 5) is 4.92. The van der Waals surface area contributed by atoms with Gasteiger partial charge in [0.1, 0.15) is 0 Å². The second-order valence-electron chi connectivity index (χ2n) is 6.33. The van der Waals surface area contributed by atoms with Crippen LogP contribution in [-0.4, -0.2) is 11.8 Å². The third-order valence-corrected chi connectivity index (χ3v) is 4.40. The lowest BCUT2D eigenvalue weighted by molar-refractivity contribution is 0.567. The Hall–Kier alpha value is -0.590. The van der Waals surface area contributed by atoms with Gasteiger partial charge in [-0.25, -0.2) is 0 Å². The highest BCUT2D eigenvalue weighted by atomic mass is 14.8. The number of hydrogen-bond donors (Lipinski definition) is 0. The van der Waals surface area contributed by atoms with Crippen molar-refractivity contribution in [3.8, 4) is 0 Å². The van der Waals surface area contributed by atoms with E-state index in [1.807, 2.05) is 6.08 Å². The Morgan fingerprint density at radius 1 is 1.05 bits per heavy atom. The second-order valence-corrected chi connectivity index (χ2v) is 6.33. The van der Waals surface area contributed by atoms with Gasteiger partial charge in [0.25, 0.3) is 0 Å². The van der Waals surface area contributed by atoms with Crippen LogP contribution >= 0.6 is 0 Å². The Morgan fingerprint density at radius 2 is 1.80 bits per heavy atom. The maximum atomic E-state index is 4.92. The zero-order valence-corrected chi connectivity index (χ0v) is 13.7. The molecule has 0 N–H and O–H groups in total. The van der Waals surface area contributed by atoms with Gasteiger partial charge in [-0.15, -0.1) is 6.58 Å². The van der Waals surface area contributed by atoms with Gasteiger partial charge in [-0.05, 0) is 44.9 Å². The molecule has 0 radical (unpaired) electrons. The van der Waals surface area contributed by atoms with Crippen molar-refractivity contribution in [1.82, 2.24) is 0 Å². The van der Waals surface area contributed by atoms with Gasteiger partial charge < -0.3 is 0 Å². The summed E-state index contributed by atoms with van der Waals surface area (Å²) in [5, 5.41) is 0. The number of rotatable bonds is 13. The maximum Gasteiger partial charge on any atom is 0.0502 e. The van der Waals surface area contributed by atoms with Crippen LogP contribution in [0.5, 0.6) is 0 Å². The van der Waals surface area contributed by atoms with E-state index in [4.69, 9.17) is 4.99 Å². The van der Waals surface area contributed by atoms with E-state index in [1.54, 1.807) is 0 Å². The number of aliphatic imine (C=N–C) groups is 1. The van der Waals surface area contributed by atoms with Gasteiger partial charge >= 0.3 is 0 Å². The van der Waals surface area contributed by atoms with Gasteiger partial charge in [-0.1, -0.05) is 57.9 Å². The first-order chi connectivity index (χ1) is 9.86. The topological polar surface area (TPSA) is 12.4 Å². The molecule has 1 rings (SSSR count). The molecule has 1 atom stereocenters. The van der Waals surface area contributed by atoms with E-state index in [9.17, 15) is 0 Å². The minimum atomic E-state index is 0.652. The number of hydrogen-bond acceptors (Lipinski definition) is 1. The lowest BCUT2D eigenvalue weighted by Gasteiger charge is -2.04. The number of allylic oxidation sites excluding steroid dienone is 1. The molecule has 1 heteroatoms. The Bertz CT molecular complexity index is 267. The van der Waals surface area contributed by atoms with Crippen LogP contribution in [0.2, 0.25) is 0 Å². The molecule has 0 aromatic rings. The lowest BCUT2D eigenvalue weighted by Crippen LogP contribution is -1.98. The Labute approximate surface area is 127 Å². The van der Waals surface area contributed by atoms with Crippen molar-refractivity contribution in [2.75, 3.05) is 0 Å². The van der Waals surface area contributed by atoms with E-state index in [-0.39, 0.29) is 0 Å². The highest BCUT2D eigenvalue weighted by Gasteiger charge is 2.16. The molecule has 0 bridgehead atoms. The summed E-state index contributed by atoms with van der Waals surface area (Å²) in [6.45, 7) is 6.06. The fourth-order valence-corrected chi connectivity index (χ4v) is 3.07. The summed E-state index contributed by atoms with van der Waals surface area (Å²) in [6.07, 6.45) is 20.8. The van der Waals surface area contributed by atoms with Gasteiger partial charge in [0.05, 0.1) is 6.04 Å². The highest BCUT2D eigenvalue weighted by molar-refractivity contribution is 5.86. The lowest BCUT2D eigenvalue weighted by atomic mass is 10.0. The molecule has 1 aliphatic heterocycles. The summed E-state index contributed by atoms with van der Waals surface area (Å²) in [5.41, 5.74) is 1.52. The van der Waals surface area contributed by atoms with Crippen molar-refractivity contribution in [3.63, 3.8) is 0 Å². The van der Waals surface area contributed by atoms with Gasteiger partial charge in [0, 0.05) is 5.71 Å². The van der Waals surface area contributed by atoms with Crippen LogP contribution in [0, 0.1) is 0 Å². The van der Waals surface area contributed by atoms with Crippen LogP contribution < -0.4 is 0 Å². The van der Waals surface area contributed by atoms with E-state index < -0.39 is 0 Å². The summed E-state index contributed by atoms with van der Waals surface area (Å²) in [6, 6.07) is 0.652. The van der Waals surface area contributed by atoms with E-state index in [2.05, 4.69) is 13.5 Å². The van der Waals surface area contributed by atoms with Crippen LogP contribution in [0.15, 0.2) is 17.6 Å². The smallest absolute Gasteiger partial charge is 0.0502 e. The molecule has 1 nitrogen and oxygen atoms in total. The summed E-state index contributed by atoms with van der Waals surface area (Å²) in [7, 11) is 0. The quantitative estimate of drug-likeness (QED) is 0.270. The molecular weight excluding hydrogens is 242 g/mol. The summed E-state index contributed by atoms with van der Waals surface area (Å²) in [5.74, 6) is 0. The van der Waals surface area contributed by atoms with E-state index >= 15 is 0 Å². The highest BCUT2D eigenvalue weighted by Crippen LogP contribution is 2.22. The summed E-state index contributed by atoms with van der Waals surface area (Å²) >= 11 is 0. The van der Waals surface area contributed by atoms with Gasteiger partial charge in [-0.2, -0.15) is 0 Å². The minimum absolute atomic E-state index is 0.652. The first-order valence-corrected chi connectivity index (χ1v) is 9.03. The Kier molecular flexibility index (Phi) is 10.6. The number of nitrogens with zero attached hydrogens (tertiary/aromatic N) is 1. The standard InChI is InChI=1S/C19H35N/c1-3-5-7-9-10-11-13-15-19-17-16-18(20-19)14-12-8-6-4-2/h4,18H,2-3,5-17H2,1H3/t18-/m0/s1. The molecule has 0 unspecified atom stereocenters. The molecule has 0 fully saturated rings. The SMILES string of the molecule is C=CCCCC[C@H]1CCC(CCCCCCCCC)=N1. The van der Waals surface area contributed by atoms with Crippen molar-refractivity contribution >= 4 is 5.71 Å². The second kappa shape index (κ2) is 12.2. The first-order valence-electron chi connectivity index (χ1n) is 9.03. The van der Waals surface area contributed by atoms with E-state index in [1.165, 1.54) is 95.6 Å². The molecule has 0 aromatic heterocycles. The average Bonchev–Trinajstić information content (AvgIpc) is 2.90. The average molecular weight is 277 g/mol. The Morgan fingerprint density at radius 3 is 2.55 bits per heavy atom. The molecule has 0 aromatic carbocycles. The predicted octanol–water partition coefficient (Wildman–Crippen LogP) is 6.48. The maximum absolute atomic E-state index is 4.92. The van der Waals surface area contributed by atoms with Crippen molar-refractivity contribution in [2.45, 2.75) is 103 Å². The van der Waals surface area contributed by atoms with Crippen LogP contribution in [-0.2, 0) is 0 Å². The van der Waals surface area contributed by atoms with Gasteiger partial charge in [0.2, 0.25) is 0 Å². The van der Waals surface area contributed by atoms with Gasteiger partial charge in [-0.3, -0.25) is 4.99 Å². The van der Waals surface area contributed by atoms with Crippen molar-refractivity contribution < 1.29 is 0 Å². The molecule has 0 spiro atoms. The zero-order chi connectivity index (χ0) is 14.5. The normalized spacial score (nSPS) is 18.2. The third kappa shape index (κ3) is 8.55. The van der Waals surface area contributed by atoms with E-state index in [0.29, 0.717) is 6.04 Å². The van der Waals surface area contributed by atoms with Crippen LogP contribution in [0.4, 0.5) is 0 Å². The largest absolute Gasteiger partial charge is 0.291 e.